The van der Waals surface area contributed by atoms with E-state index < -0.39 is 6.10 Å². The van der Waals surface area contributed by atoms with Crippen LogP contribution in [0.2, 0.25) is 10.0 Å². The SMILES string of the molecule is CCCCOCC(O)CNc1cc(Cl)cc(Cl)c1. The molecular weight excluding hydrogens is 273 g/mol. The van der Waals surface area contributed by atoms with Crippen LogP contribution in [0.4, 0.5) is 5.69 Å². The number of ether oxygens (including phenoxy) is 1. The molecule has 0 saturated carbocycles. The lowest BCUT2D eigenvalue weighted by Gasteiger charge is -2.13. The zero-order chi connectivity index (χ0) is 13.4. The van der Waals surface area contributed by atoms with Crippen LogP contribution in [0.1, 0.15) is 19.8 Å². The molecule has 0 aliphatic heterocycles. The maximum absolute atomic E-state index is 9.69. The number of hydrogen-bond acceptors (Lipinski definition) is 3. The fourth-order valence-electron chi connectivity index (χ4n) is 1.42. The van der Waals surface area contributed by atoms with Crippen molar-refractivity contribution < 1.29 is 9.84 Å². The number of nitrogens with one attached hydrogen (secondary N) is 1. The molecule has 0 spiro atoms. The Morgan fingerprint density at radius 2 is 1.94 bits per heavy atom. The Balaban J connectivity index is 2.26. The van der Waals surface area contributed by atoms with E-state index in [2.05, 4.69) is 12.2 Å². The molecule has 2 N–H and O–H groups in total. The Kier molecular flexibility index (Phi) is 7.44. The highest BCUT2D eigenvalue weighted by atomic mass is 35.5. The van der Waals surface area contributed by atoms with Crippen molar-refractivity contribution in [3.05, 3.63) is 28.2 Å². The lowest BCUT2D eigenvalue weighted by molar-refractivity contribution is 0.0422. The standard InChI is InChI=1S/C13H19Cl2NO2/c1-2-3-4-18-9-13(17)8-16-12-6-10(14)5-11(15)7-12/h5-7,13,16-17H,2-4,8-9H2,1H3. The molecule has 0 fully saturated rings. The van der Waals surface area contributed by atoms with Gasteiger partial charge in [0, 0.05) is 28.9 Å². The normalized spacial score (nSPS) is 12.4. The first kappa shape index (κ1) is 15.6. The molecule has 0 aromatic heterocycles. The third-order valence-electron chi connectivity index (χ3n) is 2.36. The molecular formula is C13H19Cl2NO2. The first-order valence-corrected chi connectivity index (χ1v) is 6.83. The average Bonchev–Trinajstić information content (AvgIpc) is 2.31. The minimum atomic E-state index is -0.542. The molecule has 0 aliphatic rings. The number of aliphatic hydroxyl groups is 1. The minimum Gasteiger partial charge on any atom is -0.389 e. The predicted octanol–water partition coefficient (Wildman–Crippen LogP) is 3.58. The van der Waals surface area contributed by atoms with Crippen LogP contribution in [0.5, 0.6) is 0 Å². The number of unbranched alkanes of at least 4 members (excludes halogenated alkanes) is 1. The van der Waals surface area contributed by atoms with Crippen molar-refractivity contribution in [1.82, 2.24) is 0 Å². The van der Waals surface area contributed by atoms with Crippen molar-refractivity contribution >= 4 is 28.9 Å². The molecule has 1 atom stereocenters. The molecule has 1 aromatic rings. The maximum atomic E-state index is 9.69. The fraction of sp³-hybridized carbons (Fsp3) is 0.538. The zero-order valence-corrected chi connectivity index (χ0v) is 12.0. The highest BCUT2D eigenvalue weighted by Gasteiger charge is 2.05. The zero-order valence-electron chi connectivity index (χ0n) is 10.5. The highest BCUT2D eigenvalue weighted by molar-refractivity contribution is 6.35. The average molecular weight is 292 g/mol. The molecule has 1 aromatic carbocycles. The second-order valence-corrected chi connectivity index (χ2v) is 4.99. The molecule has 0 saturated heterocycles. The van der Waals surface area contributed by atoms with Crippen LogP contribution in [-0.2, 0) is 4.74 Å². The van der Waals surface area contributed by atoms with Gasteiger partial charge in [0.25, 0.3) is 0 Å². The van der Waals surface area contributed by atoms with Gasteiger partial charge in [-0.3, -0.25) is 0 Å². The van der Waals surface area contributed by atoms with Gasteiger partial charge in [0.05, 0.1) is 12.7 Å². The van der Waals surface area contributed by atoms with Crippen molar-refractivity contribution in [3.63, 3.8) is 0 Å². The van der Waals surface area contributed by atoms with Crippen LogP contribution in [-0.4, -0.2) is 31.0 Å². The van der Waals surface area contributed by atoms with E-state index in [1.165, 1.54) is 0 Å². The molecule has 0 aliphatic carbocycles. The quantitative estimate of drug-likeness (QED) is 0.720. The van der Waals surface area contributed by atoms with Gasteiger partial charge in [-0.25, -0.2) is 0 Å². The van der Waals surface area contributed by atoms with E-state index in [0.29, 0.717) is 29.8 Å². The topological polar surface area (TPSA) is 41.5 Å². The van der Waals surface area contributed by atoms with E-state index in [-0.39, 0.29) is 0 Å². The van der Waals surface area contributed by atoms with E-state index >= 15 is 0 Å². The number of anilines is 1. The van der Waals surface area contributed by atoms with Gasteiger partial charge in [-0.15, -0.1) is 0 Å². The highest BCUT2D eigenvalue weighted by Crippen LogP contribution is 2.22. The summed E-state index contributed by atoms with van der Waals surface area (Å²) in [5, 5.41) is 13.9. The minimum absolute atomic E-state index is 0.335. The van der Waals surface area contributed by atoms with Crippen molar-refractivity contribution in [2.24, 2.45) is 0 Å². The Bertz CT molecular complexity index is 341. The van der Waals surface area contributed by atoms with Crippen LogP contribution in [0.15, 0.2) is 18.2 Å². The lowest BCUT2D eigenvalue weighted by atomic mass is 10.3. The Morgan fingerprint density at radius 3 is 2.56 bits per heavy atom. The van der Waals surface area contributed by atoms with Crippen molar-refractivity contribution in [3.8, 4) is 0 Å². The smallest absolute Gasteiger partial charge is 0.0945 e. The summed E-state index contributed by atoms with van der Waals surface area (Å²) in [7, 11) is 0. The van der Waals surface area contributed by atoms with E-state index in [9.17, 15) is 5.11 Å². The monoisotopic (exact) mass is 291 g/mol. The summed E-state index contributed by atoms with van der Waals surface area (Å²) in [6.07, 6.45) is 1.57. The number of benzene rings is 1. The predicted molar refractivity (Wildman–Crippen MR) is 76.7 cm³/mol. The van der Waals surface area contributed by atoms with Gasteiger partial charge in [0.15, 0.2) is 0 Å². The second-order valence-electron chi connectivity index (χ2n) is 4.12. The largest absolute Gasteiger partial charge is 0.389 e. The van der Waals surface area contributed by atoms with E-state index in [1.807, 2.05) is 0 Å². The van der Waals surface area contributed by atoms with E-state index in [4.69, 9.17) is 27.9 Å². The molecule has 102 valence electrons. The molecule has 1 rings (SSSR count). The number of hydrogen-bond donors (Lipinski definition) is 2. The van der Waals surface area contributed by atoms with Crippen molar-refractivity contribution in [2.75, 3.05) is 25.1 Å². The Labute approximate surface area is 118 Å². The molecule has 1 unspecified atom stereocenters. The number of halogens is 2. The Morgan fingerprint density at radius 1 is 1.28 bits per heavy atom. The fourth-order valence-corrected chi connectivity index (χ4v) is 1.94. The van der Waals surface area contributed by atoms with Crippen molar-refractivity contribution in [1.29, 1.82) is 0 Å². The van der Waals surface area contributed by atoms with Crippen molar-refractivity contribution in [2.45, 2.75) is 25.9 Å². The molecule has 0 amide bonds. The van der Waals surface area contributed by atoms with Gasteiger partial charge >= 0.3 is 0 Å². The van der Waals surface area contributed by atoms with Gasteiger partial charge in [-0.05, 0) is 24.6 Å². The summed E-state index contributed by atoms with van der Waals surface area (Å²) in [4.78, 5) is 0. The van der Waals surface area contributed by atoms with Crippen LogP contribution >= 0.6 is 23.2 Å². The van der Waals surface area contributed by atoms with Crippen LogP contribution in [0.3, 0.4) is 0 Å². The van der Waals surface area contributed by atoms with Gasteiger partial charge < -0.3 is 15.2 Å². The summed E-state index contributed by atoms with van der Waals surface area (Å²) in [6, 6.07) is 5.19. The molecule has 5 heteroatoms. The van der Waals surface area contributed by atoms with Gasteiger partial charge in [-0.1, -0.05) is 36.5 Å². The van der Waals surface area contributed by atoms with Crippen LogP contribution < -0.4 is 5.32 Å². The lowest BCUT2D eigenvalue weighted by Crippen LogP contribution is -2.25. The van der Waals surface area contributed by atoms with Gasteiger partial charge in [-0.2, -0.15) is 0 Å². The summed E-state index contributed by atoms with van der Waals surface area (Å²) in [5.74, 6) is 0. The summed E-state index contributed by atoms with van der Waals surface area (Å²) in [6.45, 7) is 3.53. The molecule has 18 heavy (non-hydrogen) atoms. The molecule has 0 bridgehead atoms. The summed E-state index contributed by atoms with van der Waals surface area (Å²) < 4.78 is 5.33. The third-order valence-corrected chi connectivity index (χ3v) is 2.79. The van der Waals surface area contributed by atoms with Crippen LogP contribution in [0.25, 0.3) is 0 Å². The molecule has 3 nitrogen and oxygen atoms in total. The third kappa shape index (κ3) is 6.45. The summed E-state index contributed by atoms with van der Waals surface area (Å²) in [5.41, 5.74) is 0.792. The molecule has 0 radical (unpaired) electrons. The molecule has 0 heterocycles. The van der Waals surface area contributed by atoms with E-state index in [1.54, 1.807) is 18.2 Å². The van der Waals surface area contributed by atoms with Gasteiger partial charge in [0.1, 0.15) is 0 Å². The first-order valence-electron chi connectivity index (χ1n) is 6.07. The number of aliphatic hydroxyl groups excluding tert-OH is 1. The van der Waals surface area contributed by atoms with Gasteiger partial charge in [0.2, 0.25) is 0 Å². The second kappa shape index (κ2) is 8.59. The summed E-state index contributed by atoms with van der Waals surface area (Å²) >= 11 is 11.7. The number of rotatable bonds is 8. The van der Waals surface area contributed by atoms with Crippen LogP contribution in [0, 0.1) is 0 Å². The maximum Gasteiger partial charge on any atom is 0.0945 e. The Hall–Kier alpha value is -0.480. The first-order chi connectivity index (χ1) is 8.61. The van der Waals surface area contributed by atoms with E-state index in [0.717, 1.165) is 18.5 Å².